The first-order valence-corrected chi connectivity index (χ1v) is 8.56. The van der Waals surface area contributed by atoms with Gasteiger partial charge < -0.3 is 28.5 Å². The Kier molecular flexibility index (Phi) is 5.87. The van der Waals surface area contributed by atoms with Gasteiger partial charge in [0.05, 0.1) is 21.3 Å². The first kappa shape index (κ1) is 20.0. The maximum atomic E-state index is 12.1. The minimum Gasteiger partial charge on any atom is -0.507 e. The summed E-state index contributed by atoms with van der Waals surface area (Å²) >= 11 is 0. The van der Waals surface area contributed by atoms with Gasteiger partial charge in [-0.25, -0.2) is 4.79 Å². The molecule has 152 valence electrons. The monoisotopic (exact) mass is 400 g/mol. The Morgan fingerprint density at radius 1 is 1.03 bits per heavy atom. The largest absolute Gasteiger partial charge is 0.507 e. The quantitative estimate of drug-likeness (QED) is 0.598. The first-order valence-electron chi connectivity index (χ1n) is 8.56. The van der Waals surface area contributed by atoms with Gasteiger partial charge in [0.25, 0.3) is 5.89 Å². The molecule has 9 nitrogen and oxygen atoms in total. The van der Waals surface area contributed by atoms with Gasteiger partial charge in [-0.15, -0.1) is 10.2 Å². The summed E-state index contributed by atoms with van der Waals surface area (Å²) in [7, 11) is 4.51. The van der Waals surface area contributed by atoms with E-state index in [-0.39, 0.29) is 29.7 Å². The average molecular weight is 400 g/mol. The summed E-state index contributed by atoms with van der Waals surface area (Å²) in [4.78, 5) is 12.1. The zero-order chi connectivity index (χ0) is 21.0. The van der Waals surface area contributed by atoms with E-state index in [0.29, 0.717) is 22.8 Å². The fourth-order valence-electron chi connectivity index (χ4n) is 2.65. The van der Waals surface area contributed by atoms with Gasteiger partial charge in [-0.1, -0.05) is 6.07 Å². The van der Waals surface area contributed by atoms with Gasteiger partial charge in [0, 0.05) is 5.56 Å². The van der Waals surface area contributed by atoms with E-state index < -0.39 is 5.97 Å². The lowest BCUT2D eigenvalue weighted by molar-refractivity contribution is 0.0435. The molecule has 0 radical (unpaired) electrons. The number of aromatic nitrogens is 2. The maximum Gasteiger partial charge on any atom is 0.342 e. The second-order valence-corrected chi connectivity index (χ2v) is 6.01. The molecule has 0 aliphatic carbocycles. The molecular formula is C20H20N2O7. The van der Waals surface area contributed by atoms with E-state index in [2.05, 4.69) is 10.2 Å². The molecule has 0 aliphatic heterocycles. The van der Waals surface area contributed by atoms with Gasteiger partial charge in [-0.3, -0.25) is 0 Å². The van der Waals surface area contributed by atoms with Crippen LogP contribution >= 0.6 is 0 Å². The third-order valence-corrected chi connectivity index (χ3v) is 4.08. The Morgan fingerprint density at radius 2 is 1.72 bits per heavy atom. The summed E-state index contributed by atoms with van der Waals surface area (Å²) in [5, 5.41) is 17.7. The average Bonchev–Trinajstić information content (AvgIpc) is 3.20. The third kappa shape index (κ3) is 4.23. The van der Waals surface area contributed by atoms with Crippen molar-refractivity contribution in [1.82, 2.24) is 10.2 Å². The molecule has 0 unspecified atom stereocenters. The standard InChI is InChI=1S/C20H20N2O7/c1-11-5-6-13(14(23)7-11)20(24)28-10-17-21-22-19(29-17)12-8-15(25-2)18(27-4)16(9-12)26-3/h5-9,23H,10H2,1-4H3. The topological polar surface area (TPSA) is 113 Å². The van der Waals surface area contributed by atoms with Crippen molar-refractivity contribution in [2.24, 2.45) is 0 Å². The predicted octanol–water partition coefficient (Wildman–Crippen LogP) is 3.13. The van der Waals surface area contributed by atoms with E-state index in [4.69, 9.17) is 23.4 Å². The minimum atomic E-state index is -0.699. The van der Waals surface area contributed by atoms with E-state index in [1.807, 2.05) is 0 Å². The summed E-state index contributed by atoms with van der Waals surface area (Å²) in [5.74, 6) is 0.729. The lowest BCUT2D eigenvalue weighted by atomic mass is 10.1. The molecule has 1 N–H and O–H groups in total. The molecule has 3 aromatic rings. The Hall–Kier alpha value is -3.75. The molecule has 29 heavy (non-hydrogen) atoms. The minimum absolute atomic E-state index is 0.0555. The second-order valence-electron chi connectivity index (χ2n) is 6.01. The van der Waals surface area contributed by atoms with Gasteiger partial charge in [-0.05, 0) is 36.8 Å². The van der Waals surface area contributed by atoms with Crippen LogP contribution in [0.4, 0.5) is 0 Å². The van der Waals surface area contributed by atoms with Crippen LogP contribution in [0.5, 0.6) is 23.0 Å². The molecule has 2 aromatic carbocycles. The number of carbonyl (C=O) groups excluding carboxylic acids is 1. The highest BCUT2D eigenvalue weighted by Crippen LogP contribution is 2.40. The number of ether oxygens (including phenoxy) is 4. The Bertz CT molecular complexity index is 1000. The zero-order valence-corrected chi connectivity index (χ0v) is 16.4. The highest BCUT2D eigenvalue weighted by Gasteiger charge is 2.19. The van der Waals surface area contributed by atoms with E-state index >= 15 is 0 Å². The van der Waals surface area contributed by atoms with Crippen molar-refractivity contribution in [1.29, 1.82) is 0 Å². The molecule has 0 fully saturated rings. The number of hydrogen-bond acceptors (Lipinski definition) is 9. The highest BCUT2D eigenvalue weighted by atomic mass is 16.5. The Labute approximate surface area is 166 Å². The van der Waals surface area contributed by atoms with E-state index in [1.54, 1.807) is 25.1 Å². The summed E-state index contributed by atoms with van der Waals surface area (Å²) in [6.45, 7) is 1.56. The number of methoxy groups -OCH3 is 3. The number of phenols is 1. The number of hydrogen-bond donors (Lipinski definition) is 1. The van der Waals surface area contributed by atoms with Gasteiger partial charge >= 0.3 is 5.97 Å². The van der Waals surface area contributed by atoms with Crippen molar-refractivity contribution in [3.63, 3.8) is 0 Å². The summed E-state index contributed by atoms with van der Waals surface area (Å²) in [6, 6.07) is 7.99. The normalized spacial score (nSPS) is 10.5. The Morgan fingerprint density at radius 3 is 2.31 bits per heavy atom. The van der Waals surface area contributed by atoms with Crippen molar-refractivity contribution in [3.8, 4) is 34.5 Å². The van der Waals surface area contributed by atoms with Crippen LogP contribution in [0.25, 0.3) is 11.5 Å². The number of rotatable bonds is 7. The molecule has 0 saturated carbocycles. The van der Waals surface area contributed by atoms with Crippen LogP contribution in [0, 0.1) is 6.92 Å². The van der Waals surface area contributed by atoms with Crippen molar-refractivity contribution in [2.75, 3.05) is 21.3 Å². The zero-order valence-electron chi connectivity index (χ0n) is 16.4. The van der Waals surface area contributed by atoms with Gasteiger partial charge in [0.15, 0.2) is 18.1 Å². The number of nitrogens with zero attached hydrogens (tertiary/aromatic N) is 2. The lowest BCUT2D eigenvalue weighted by Crippen LogP contribution is -2.05. The molecular weight excluding hydrogens is 380 g/mol. The molecule has 3 rings (SSSR count). The van der Waals surface area contributed by atoms with Crippen LogP contribution in [-0.4, -0.2) is 42.6 Å². The molecule has 1 heterocycles. The number of phenolic OH excluding ortho intramolecular Hbond substituents is 1. The number of carbonyl (C=O) groups is 1. The fourth-order valence-corrected chi connectivity index (χ4v) is 2.65. The van der Waals surface area contributed by atoms with Crippen LogP contribution in [0.3, 0.4) is 0 Å². The summed E-state index contributed by atoms with van der Waals surface area (Å²) in [6.07, 6.45) is 0. The molecule has 1 aromatic heterocycles. The first-order chi connectivity index (χ1) is 14.0. The number of esters is 1. The van der Waals surface area contributed by atoms with Crippen molar-refractivity contribution in [2.45, 2.75) is 13.5 Å². The van der Waals surface area contributed by atoms with Crippen molar-refractivity contribution < 1.29 is 33.3 Å². The molecule has 0 aliphatic rings. The van der Waals surface area contributed by atoms with Crippen LogP contribution in [-0.2, 0) is 11.3 Å². The van der Waals surface area contributed by atoms with E-state index in [1.165, 1.54) is 33.5 Å². The van der Waals surface area contributed by atoms with Crippen molar-refractivity contribution >= 4 is 5.97 Å². The molecule has 0 atom stereocenters. The fraction of sp³-hybridized carbons (Fsp3) is 0.250. The molecule has 9 heteroatoms. The third-order valence-electron chi connectivity index (χ3n) is 4.08. The van der Waals surface area contributed by atoms with Gasteiger partial charge in [-0.2, -0.15) is 0 Å². The second kappa shape index (κ2) is 8.51. The number of aryl methyl sites for hydroxylation is 1. The highest BCUT2D eigenvalue weighted by molar-refractivity contribution is 5.92. The van der Waals surface area contributed by atoms with Crippen LogP contribution in [0.2, 0.25) is 0 Å². The number of benzene rings is 2. The van der Waals surface area contributed by atoms with E-state index in [9.17, 15) is 9.90 Å². The van der Waals surface area contributed by atoms with Crippen LogP contribution in [0.15, 0.2) is 34.7 Å². The van der Waals surface area contributed by atoms with Crippen LogP contribution in [0.1, 0.15) is 21.8 Å². The van der Waals surface area contributed by atoms with Gasteiger partial charge in [0.1, 0.15) is 11.3 Å². The molecule has 0 saturated heterocycles. The number of aromatic hydroxyl groups is 1. The predicted molar refractivity (Wildman–Crippen MR) is 101 cm³/mol. The van der Waals surface area contributed by atoms with Crippen molar-refractivity contribution in [3.05, 3.63) is 47.3 Å². The smallest absolute Gasteiger partial charge is 0.342 e. The summed E-state index contributed by atoms with van der Waals surface area (Å²) in [5.41, 5.74) is 1.42. The summed E-state index contributed by atoms with van der Waals surface area (Å²) < 4.78 is 26.6. The van der Waals surface area contributed by atoms with Crippen LogP contribution < -0.4 is 14.2 Å². The molecule has 0 spiro atoms. The molecule has 0 amide bonds. The molecule has 0 bridgehead atoms. The Balaban J connectivity index is 1.76. The van der Waals surface area contributed by atoms with Gasteiger partial charge in [0.2, 0.25) is 11.6 Å². The SMILES string of the molecule is COc1cc(-c2nnc(COC(=O)c3ccc(C)cc3O)o2)cc(OC)c1OC. The lowest BCUT2D eigenvalue weighted by Gasteiger charge is -2.12. The van der Waals surface area contributed by atoms with E-state index in [0.717, 1.165) is 5.56 Å². The maximum absolute atomic E-state index is 12.1.